The molecule has 2 rings (SSSR count). The summed E-state index contributed by atoms with van der Waals surface area (Å²) in [6.07, 6.45) is 2.62. The van der Waals surface area contributed by atoms with Crippen LogP contribution in [0, 0.1) is 0 Å². The number of aromatic amines is 1. The third-order valence-corrected chi connectivity index (χ3v) is 4.12. The van der Waals surface area contributed by atoms with E-state index >= 15 is 0 Å². The highest BCUT2D eigenvalue weighted by Crippen LogP contribution is 2.22. The topological polar surface area (TPSA) is 104 Å². The summed E-state index contributed by atoms with van der Waals surface area (Å²) >= 11 is 5.86. The minimum absolute atomic E-state index is 0.225. The molecule has 1 atom stereocenters. The minimum Gasteiger partial charge on any atom is -0.351 e. The lowest BCUT2D eigenvalue weighted by Crippen LogP contribution is -2.44. The number of hydrogen-bond donors (Lipinski definition) is 3. The number of halogens is 1. The number of sulfonamides is 1. The molecule has 1 heterocycles. The first-order chi connectivity index (χ1) is 10.8. The number of hydrogen-bond acceptors (Lipinski definition) is 4. The van der Waals surface area contributed by atoms with Crippen LogP contribution < -0.4 is 10.0 Å². The van der Waals surface area contributed by atoms with Gasteiger partial charge in [-0.15, -0.1) is 0 Å². The van der Waals surface area contributed by atoms with Gasteiger partial charge in [-0.2, -0.15) is 5.10 Å². The van der Waals surface area contributed by atoms with Crippen molar-refractivity contribution in [3.8, 4) is 11.3 Å². The number of nitrogens with one attached hydrogen (secondary N) is 3. The number of benzene rings is 1. The Labute approximate surface area is 139 Å². The molecule has 9 heteroatoms. The largest absolute Gasteiger partial charge is 0.351 e. The number of carbonyl (C=O) groups excluding carboxylic acids is 1. The van der Waals surface area contributed by atoms with E-state index in [2.05, 4.69) is 20.2 Å². The van der Waals surface area contributed by atoms with Gasteiger partial charge in [-0.25, -0.2) is 13.1 Å². The molecule has 0 fully saturated rings. The molecule has 1 aromatic carbocycles. The van der Waals surface area contributed by atoms with Gasteiger partial charge in [0.1, 0.15) is 0 Å². The summed E-state index contributed by atoms with van der Waals surface area (Å²) in [5, 5.41) is 10.2. The summed E-state index contributed by atoms with van der Waals surface area (Å²) in [5.41, 5.74) is 2.44. The monoisotopic (exact) mass is 356 g/mol. The second-order valence-electron chi connectivity index (χ2n) is 5.11. The highest BCUT2D eigenvalue weighted by atomic mass is 35.5. The Kier molecular flexibility index (Phi) is 5.40. The van der Waals surface area contributed by atoms with E-state index < -0.39 is 22.0 Å². The highest BCUT2D eigenvalue weighted by Gasteiger charge is 2.17. The Hall–Kier alpha value is -1.90. The Morgan fingerprint density at radius 1 is 1.35 bits per heavy atom. The molecule has 0 saturated heterocycles. The molecule has 124 valence electrons. The van der Waals surface area contributed by atoms with Gasteiger partial charge in [0, 0.05) is 17.1 Å². The van der Waals surface area contributed by atoms with Crippen LogP contribution in [-0.4, -0.2) is 36.8 Å². The fourth-order valence-corrected chi connectivity index (χ4v) is 2.90. The van der Waals surface area contributed by atoms with Crippen LogP contribution in [0.25, 0.3) is 11.3 Å². The zero-order valence-electron chi connectivity index (χ0n) is 12.6. The van der Waals surface area contributed by atoms with Crippen LogP contribution in [0.2, 0.25) is 5.02 Å². The molecule has 0 aliphatic carbocycles. The average Bonchev–Trinajstić information content (AvgIpc) is 2.92. The maximum atomic E-state index is 11.9. The van der Waals surface area contributed by atoms with Gasteiger partial charge in [0.2, 0.25) is 15.9 Å². The molecule has 0 bridgehead atoms. The summed E-state index contributed by atoms with van der Waals surface area (Å²) in [4.78, 5) is 11.9. The quantitative estimate of drug-likeness (QED) is 0.725. The van der Waals surface area contributed by atoms with E-state index in [9.17, 15) is 13.2 Å². The summed E-state index contributed by atoms with van der Waals surface area (Å²) in [5.74, 6) is -0.418. The van der Waals surface area contributed by atoms with Gasteiger partial charge >= 0.3 is 0 Å². The van der Waals surface area contributed by atoms with Gasteiger partial charge in [-0.1, -0.05) is 23.7 Å². The zero-order chi connectivity index (χ0) is 17.0. The first-order valence-corrected chi connectivity index (χ1v) is 9.06. The predicted molar refractivity (Wildman–Crippen MR) is 88.3 cm³/mol. The van der Waals surface area contributed by atoms with Gasteiger partial charge in [0.25, 0.3) is 0 Å². The van der Waals surface area contributed by atoms with Crippen molar-refractivity contribution in [1.29, 1.82) is 0 Å². The molecule has 2 aromatic rings. The second kappa shape index (κ2) is 7.12. The lowest BCUT2D eigenvalue weighted by Gasteiger charge is -2.12. The third kappa shape index (κ3) is 5.05. The van der Waals surface area contributed by atoms with E-state index in [0.717, 1.165) is 23.1 Å². The van der Waals surface area contributed by atoms with Crippen LogP contribution in [0.15, 0.2) is 30.5 Å². The molecule has 3 N–H and O–H groups in total. The van der Waals surface area contributed by atoms with Crippen molar-refractivity contribution in [3.05, 3.63) is 41.0 Å². The fraction of sp³-hybridized carbons (Fsp3) is 0.286. The number of rotatable bonds is 6. The standard InChI is InChI=1S/C14H17ClN4O3S/c1-9(19-23(2,21)22)14(20)16-7-11-8-17-18-13(11)10-3-5-12(15)6-4-10/h3-6,8-9,19H,7H2,1-2H3,(H,16,20)(H,17,18)/t9-/m0/s1. The molecule has 23 heavy (non-hydrogen) atoms. The summed E-state index contributed by atoms with van der Waals surface area (Å²) in [6.45, 7) is 1.70. The molecule has 0 spiro atoms. The number of amides is 1. The molecular weight excluding hydrogens is 340 g/mol. The van der Waals surface area contributed by atoms with Crippen LogP contribution in [0.4, 0.5) is 0 Å². The van der Waals surface area contributed by atoms with Crippen molar-refractivity contribution in [2.24, 2.45) is 0 Å². The van der Waals surface area contributed by atoms with Crippen molar-refractivity contribution >= 4 is 27.5 Å². The number of aromatic nitrogens is 2. The van der Waals surface area contributed by atoms with Gasteiger partial charge < -0.3 is 5.32 Å². The fourth-order valence-electron chi connectivity index (χ4n) is 2.02. The van der Waals surface area contributed by atoms with Crippen molar-refractivity contribution in [1.82, 2.24) is 20.2 Å². The van der Waals surface area contributed by atoms with Crippen molar-refractivity contribution < 1.29 is 13.2 Å². The van der Waals surface area contributed by atoms with E-state index in [1.165, 1.54) is 6.92 Å². The first-order valence-electron chi connectivity index (χ1n) is 6.79. The van der Waals surface area contributed by atoms with Crippen LogP contribution in [0.5, 0.6) is 0 Å². The minimum atomic E-state index is -3.44. The molecule has 0 radical (unpaired) electrons. The maximum absolute atomic E-state index is 11.9. The molecule has 0 saturated carbocycles. The lowest BCUT2D eigenvalue weighted by molar-refractivity contribution is -0.122. The van der Waals surface area contributed by atoms with Crippen molar-refractivity contribution in [2.45, 2.75) is 19.5 Å². The van der Waals surface area contributed by atoms with E-state index in [1.807, 2.05) is 12.1 Å². The Balaban J connectivity index is 2.03. The molecule has 7 nitrogen and oxygen atoms in total. The predicted octanol–water partition coefficient (Wildman–Crippen LogP) is 1.28. The first kappa shape index (κ1) is 17.5. The van der Waals surface area contributed by atoms with Gasteiger partial charge in [0.05, 0.1) is 24.2 Å². The third-order valence-electron chi connectivity index (χ3n) is 3.09. The summed E-state index contributed by atoms with van der Waals surface area (Å²) < 4.78 is 24.5. The van der Waals surface area contributed by atoms with Gasteiger partial charge in [0.15, 0.2) is 0 Å². The van der Waals surface area contributed by atoms with E-state index in [4.69, 9.17) is 11.6 Å². The van der Waals surface area contributed by atoms with E-state index in [-0.39, 0.29) is 6.54 Å². The summed E-state index contributed by atoms with van der Waals surface area (Å²) in [7, 11) is -3.44. The Bertz CT molecular complexity index is 787. The van der Waals surface area contributed by atoms with Gasteiger partial charge in [-0.05, 0) is 24.6 Å². The molecule has 1 amide bonds. The molecule has 0 aliphatic heterocycles. The van der Waals surface area contributed by atoms with E-state index in [0.29, 0.717) is 5.02 Å². The number of H-pyrrole nitrogens is 1. The van der Waals surface area contributed by atoms with Crippen molar-refractivity contribution in [2.75, 3.05) is 6.26 Å². The van der Waals surface area contributed by atoms with Crippen LogP contribution >= 0.6 is 11.6 Å². The zero-order valence-corrected chi connectivity index (χ0v) is 14.2. The Morgan fingerprint density at radius 2 is 2.00 bits per heavy atom. The van der Waals surface area contributed by atoms with Crippen LogP contribution in [-0.2, 0) is 21.4 Å². The smallest absolute Gasteiger partial charge is 0.238 e. The van der Waals surface area contributed by atoms with Gasteiger partial charge in [-0.3, -0.25) is 9.89 Å². The van der Waals surface area contributed by atoms with E-state index in [1.54, 1.807) is 18.3 Å². The normalized spacial score (nSPS) is 12.8. The highest BCUT2D eigenvalue weighted by molar-refractivity contribution is 7.88. The number of nitrogens with zero attached hydrogens (tertiary/aromatic N) is 1. The SMILES string of the molecule is C[C@H](NS(C)(=O)=O)C(=O)NCc1cn[nH]c1-c1ccc(Cl)cc1. The summed E-state index contributed by atoms with van der Waals surface area (Å²) in [6, 6.07) is 6.36. The second-order valence-corrected chi connectivity index (χ2v) is 7.32. The van der Waals surface area contributed by atoms with Crippen LogP contribution in [0.3, 0.4) is 0 Å². The van der Waals surface area contributed by atoms with Crippen LogP contribution in [0.1, 0.15) is 12.5 Å². The molecule has 0 unspecified atom stereocenters. The number of carbonyl (C=O) groups is 1. The maximum Gasteiger partial charge on any atom is 0.238 e. The lowest BCUT2D eigenvalue weighted by atomic mass is 10.1. The average molecular weight is 357 g/mol. The molecule has 1 aromatic heterocycles. The molecule has 0 aliphatic rings. The Morgan fingerprint density at radius 3 is 2.61 bits per heavy atom. The molecular formula is C14H17ClN4O3S. The van der Waals surface area contributed by atoms with Crippen molar-refractivity contribution in [3.63, 3.8) is 0 Å².